The number of nitrogens with one attached hydrogen (secondary N) is 2. The van der Waals surface area contributed by atoms with Crippen molar-refractivity contribution in [1.82, 2.24) is 5.32 Å². The highest BCUT2D eigenvalue weighted by Crippen LogP contribution is 2.20. The molecule has 0 bridgehead atoms. The first-order chi connectivity index (χ1) is 11.6. The summed E-state index contributed by atoms with van der Waals surface area (Å²) in [7, 11) is 1.62. The maximum Gasteiger partial charge on any atom is 0.238 e. The van der Waals surface area contributed by atoms with Crippen molar-refractivity contribution < 1.29 is 14.3 Å². The second-order valence-electron chi connectivity index (χ2n) is 5.21. The minimum Gasteiger partial charge on any atom is -0.497 e. The topological polar surface area (TPSA) is 59.6 Å². The Kier molecular flexibility index (Phi) is 7.08. The van der Waals surface area contributed by atoms with Crippen molar-refractivity contribution in [3.63, 3.8) is 0 Å². The van der Waals surface area contributed by atoms with E-state index in [2.05, 4.69) is 26.6 Å². The predicted molar refractivity (Wildman–Crippen MR) is 98.9 cm³/mol. The fraction of sp³-hybridized carbons (Fsp3) is 0.278. The summed E-state index contributed by atoms with van der Waals surface area (Å²) in [6, 6.07) is 13.2. The molecular formula is C18H21BrN2O3. The number of carbonyl (C=O) groups is 1. The van der Waals surface area contributed by atoms with E-state index in [9.17, 15) is 4.79 Å². The smallest absolute Gasteiger partial charge is 0.238 e. The van der Waals surface area contributed by atoms with E-state index in [-0.39, 0.29) is 12.5 Å². The molecular weight excluding hydrogens is 372 g/mol. The van der Waals surface area contributed by atoms with Crippen molar-refractivity contribution >= 4 is 27.5 Å². The molecule has 2 aromatic carbocycles. The highest BCUT2D eigenvalue weighted by atomic mass is 79.9. The van der Waals surface area contributed by atoms with E-state index in [0.717, 1.165) is 27.2 Å². The molecule has 0 aliphatic heterocycles. The summed E-state index contributed by atoms with van der Waals surface area (Å²) >= 11 is 3.38. The van der Waals surface area contributed by atoms with Crippen LogP contribution in [0.15, 0.2) is 46.9 Å². The molecule has 0 radical (unpaired) electrons. The van der Waals surface area contributed by atoms with Gasteiger partial charge in [0.05, 0.1) is 13.7 Å². The molecule has 2 rings (SSSR count). The van der Waals surface area contributed by atoms with E-state index >= 15 is 0 Å². The Balaban J connectivity index is 1.67. The Labute approximate surface area is 150 Å². The number of aryl methyl sites for hydroxylation is 1. The van der Waals surface area contributed by atoms with Gasteiger partial charge in [-0.05, 0) is 55.0 Å². The molecule has 5 nitrogen and oxygen atoms in total. The van der Waals surface area contributed by atoms with Crippen LogP contribution in [-0.4, -0.2) is 32.7 Å². The lowest BCUT2D eigenvalue weighted by Gasteiger charge is -2.11. The van der Waals surface area contributed by atoms with Gasteiger partial charge < -0.3 is 20.1 Å². The minimum atomic E-state index is -0.0908. The molecule has 2 aromatic rings. The molecule has 128 valence electrons. The quantitative estimate of drug-likeness (QED) is 0.676. The molecule has 6 heteroatoms. The van der Waals surface area contributed by atoms with Crippen LogP contribution in [0.25, 0.3) is 0 Å². The van der Waals surface area contributed by atoms with Gasteiger partial charge in [-0.25, -0.2) is 0 Å². The molecule has 0 spiro atoms. The summed E-state index contributed by atoms with van der Waals surface area (Å²) in [5.41, 5.74) is 1.75. The number of rotatable bonds is 8. The van der Waals surface area contributed by atoms with Crippen molar-refractivity contribution in [3.05, 3.63) is 52.5 Å². The second-order valence-corrected chi connectivity index (χ2v) is 6.12. The average Bonchev–Trinajstić information content (AvgIpc) is 2.58. The number of hydrogen-bond donors (Lipinski definition) is 2. The molecule has 0 saturated carbocycles. The van der Waals surface area contributed by atoms with Gasteiger partial charge in [-0.1, -0.05) is 15.9 Å². The largest absolute Gasteiger partial charge is 0.497 e. The molecule has 0 unspecified atom stereocenters. The number of methoxy groups -OCH3 is 1. The summed E-state index contributed by atoms with van der Waals surface area (Å²) in [6.07, 6.45) is 0. The van der Waals surface area contributed by atoms with Gasteiger partial charge in [0.2, 0.25) is 5.91 Å². The van der Waals surface area contributed by atoms with E-state index in [4.69, 9.17) is 9.47 Å². The fourth-order valence-electron chi connectivity index (χ4n) is 2.07. The summed E-state index contributed by atoms with van der Waals surface area (Å²) in [6.45, 7) is 3.24. The number of benzene rings is 2. The van der Waals surface area contributed by atoms with Crippen LogP contribution >= 0.6 is 15.9 Å². The van der Waals surface area contributed by atoms with Crippen LogP contribution < -0.4 is 20.1 Å². The van der Waals surface area contributed by atoms with Crippen molar-refractivity contribution in [3.8, 4) is 11.5 Å². The van der Waals surface area contributed by atoms with Crippen LogP contribution in [0, 0.1) is 6.92 Å². The summed E-state index contributed by atoms with van der Waals surface area (Å²) in [5.74, 6) is 1.49. The van der Waals surface area contributed by atoms with Crippen molar-refractivity contribution in [2.75, 3.05) is 32.1 Å². The van der Waals surface area contributed by atoms with Crippen LogP contribution in [0.5, 0.6) is 11.5 Å². The zero-order valence-electron chi connectivity index (χ0n) is 13.8. The Hall–Kier alpha value is -2.05. The predicted octanol–water partition coefficient (Wildman–Crippen LogP) is 3.37. The molecule has 0 aliphatic carbocycles. The minimum absolute atomic E-state index is 0.0908. The van der Waals surface area contributed by atoms with Gasteiger partial charge in [-0.2, -0.15) is 0 Å². The molecule has 0 atom stereocenters. The number of ether oxygens (including phenoxy) is 2. The van der Waals surface area contributed by atoms with Gasteiger partial charge in [0.15, 0.2) is 0 Å². The molecule has 2 N–H and O–H groups in total. The summed E-state index contributed by atoms with van der Waals surface area (Å²) in [5, 5.41) is 5.93. The normalized spacial score (nSPS) is 10.3. The van der Waals surface area contributed by atoms with Crippen LogP contribution in [-0.2, 0) is 4.79 Å². The lowest BCUT2D eigenvalue weighted by molar-refractivity contribution is -0.115. The van der Waals surface area contributed by atoms with Crippen LogP contribution in [0.1, 0.15) is 5.56 Å². The molecule has 0 heterocycles. The summed E-state index contributed by atoms with van der Waals surface area (Å²) in [4.78, 5) is 11.9. The van der Waals surface area contributed by atoms with E-state index in [1.54, 1.807) is 7.11 Å². The van der Waals surface area contributed by atoms with Gasteiger partial charge >= 0.3 is 0 Å². The van der Waals surface area contributed by atoms with Gasteiger partial charge in [0, 0.05) is 16.7 Å². The standard InChI is InChI=1S/C18H21BrN2O3/c1-13-11-16(23-2)7-8-17(13)21-18(22)12-20-9-10-24-15-5-3-14(19)4-6-15/h3-8,11,20H,9-10,12H2,1-2H3,(H,21,22). The van der Waals surface area contributed by atoms with Gasteiger partial charge in [0.25, 0.3) is 0 Å². The Morgan fingerprint density at radius 2 is 1.83 bits per heavy atom. The molecule has 0 aliphatic rings. The van der Waals surface area contributed by atoms with Crippen LogP contribution in [0.2, 0.25) is 0 Å². The number of halogens is 1. The molecule has 0 fully saturated rings. The van der Waals surface area contributed by atoms with Gasteiger partial charge in [0.1, 0.15) is 18.1 Å². The number of anilines is 1. The maximum absolute atomic E-state index is 11.9. The average molecular weight is 393 g/mol. The Morgan fingerprint density at radius 1 is 1.12 bits per heavy atom. The highest BCUT2D eigenvalue weighted by molar-refractivity contribution is 9.10. The third-order valence-corrected chi connectivity index (χ3v) is 3.88. The molecule has 1 amide bonds. The maximum atomic E-state index is 11.9. The first kappa shape index (κ1) is 18.3. The number of carbonyl (C=O) groups excluding carboxylic acids is 1. The highest BCUT2D eigenvalue weighted by Gasteiger charge is 2.05. The van der Waals surface area contributed by atoms with Gasteiger partial charge in [-0.15, -0.1) is 0 Å². The van der Waals surface area contributed by atoms with Crippen molar-refractivity contribution in [1.29, 1.82) is 0 Å². The van der Waals surface area contributed by atoms with Crippen molar-refractivity contribution in [2.45, 2.75) is 6.92 Å². The first-order valence-electron chi connectivity index (χ1n) is 7.62. The molecule has 24 heavy (non-hydrogen) atoms. The summed E-state index contributed by atoms with van der Waals surface area (Å²) < 4.78 is 11.7. The fourth-order valence-corrected chi connectivity index (χ4v) is 2.34. The number of amides is 1. The van der Waals surface area contributed by atoms with E-state index in [0.29, 0.717) is 13.2 Å². The Bertz CT molecular complexity index is 674. The SMILES string of the molecule is COc1ccc(NC(=O)CNCCOc2ccc(Br)cc2)c(C)c1. The lowest BCUT2D eigenvalue weighted by atomic mass is 10.2. The second kappa shape index (κ2) is 9.30. The lowest BCUT2D eigenvalue weighted by Crippen LogP contribution is -2.31. The van der Waals surface area contributed by atoms with Crippen LogP contribution in [0.4, 0.5) is 5.69 Å². The van der Waals surface area contributed by atoms with E-state index < -0.39 is 0 Å². The van der Waals surface area contributed by atoms with Gasteiger partial charge in [-0.3, -0.25) is 4.79 Å². The zero-order valence-corrected chi connectivity index (χ0v) is 15.4. The first-order valence-corrected chi connectivity index (χ1v) is 8.41. The third kappa shape index (κ3) is 5.86. The Morgan fingerprint density at radius 3 is 2.50 bits per heavy atom. The number of hydrogen-bond acceptors (Lipinski definition) is 4. The third-order valence-electron chi connectivity index (χ3n) is 3.35. The van der Waals surface area contributed by atoms with Crippen molar-refractivity contribution in [2.24, 2.45) is 0 Å². The van der Waals surface area contributed by atoms with E-state index in [1.807, 2.05) is 49.4 Å². The monoisotopic (exact) mass is 392 g/mol. The molecule has 0 saturated heterocycles. The molecule has 0 aromatic heterocycles. The van der Waals surface area contributed by atoms with Crippen LogP contribution in [0.3, 0.4) is 0 Å². The zero-order chi connectivity index (χ0) is 17.4. The van der Waals surface area contributed by atoms with E-state index in [1.165, 1.54) is 0 Å².